The maximum atomic E-state index is 13.8. The average molecular weight is 533 g/mol. The Bertz CT molecular complexity index is 1320. The maximum absolute atomic E-state index is 13.8. The SMILES string of the molecule is COc1cc(C2C(C(=O)Nc3ccccc3)C(=O)CC(C)(O)C2C(=O)Nc2ccccc2)cc(OC)c1OC. The normalized spacial score (nSPS) is 22.5. The molecule has 4 unspecified atom stereocenters. The minimum Gasteiger partial charge on any atom is -0.493 e. The summed E-state index contributed by atoms with van der Waals surface area (Å²) in [5.74, 6) is -4.27. The minimum atomic E-state index is -1.76. The molecular weight excluding hydrogens is 500 g/mol. The third-order valence-electron chi connectivity index (χ3n) is 6.99. The van der Waals surface area contributed by atoms with E-state index >= 15 is 0 Å². The molecule has 2 amide bonds. The molecule has 0 aromatic heterocycles. The molecule has 0 spiro atoms. The molecule has 0 aliphatic heterocycles. The van der Waals surface area contributed by atoms with Gasteiger partial charge in [0.1, 0.15) is 11.7 Å². The predicted molar refractivity (Wildman–Crippen MR) is 146 cm³/mol. The van der Waals surface area contributed by atoms with Crippen LogP contribution in [0, 0.1) is 11.8 Å². The number of ether oxygens (including phenoxy) is 3. The molecule has 1 aliphatic rings. The summed E-state index contributed by atoms with van der Waals surface area (Å²) in [6.07, 6.45) is -0.381. The molecule has 0 heterocycles. The molecule has 1 saturated carbocycles. The van der Waals surface area contributed by atoms with Gasteiger partial charge in [-0.2, -0.15) is 0 Å². The molecule has 0 radical (unpaired) electrons. The van der Waals surface area contributed by atoms with Crippen molar-refractivity contribution in [1.82, 2.24) is 0 Å². The number of para-hydroxylation sites is 2. The van der Waals surface area contributed by atoms with Gasteiger partial charge in [-0.05, 0) is 48.9 Å². The lowest BCUT2D eigenvalue weighted by atomic mass is 9.61. The Kier molecular flexibility index (Phi) is 8.21. The number of rotatable bonds is 8. The third-order valence-corrected chi connectivity index (χ3v) is 6.99. The van der Waals surface area contributed by atoms with Gasteiger partial charge in [-0.25, -0.2) is 0 Å². The lowest BCUT2D eigenvalue weighted by Crippen LogP contribution is -2.56. The van der Waals surface area contributed by atoms with Crippen molar-refractivity contribution < 1.29 is 33.7 Å². The van der Waals surface area contributed by atoms with Crippen molar-refractivity contribution in [2.24, 2.45) is 11.8 Å². The summed E-state index contributed by atoms with van der Waals surface area (Å²) in [5, 5.41) is 17.2. The lowest BCUT2D eigenvalue weighted by Gasteiger charge is -2.44. The zero-order valence-electron chi connectivity index (χ0n) is 22.3. The summed E-state index contributed by atoms with van der Waals surface area (Å²) in [6, 6.07) is 20.7. The Balaban J connectivity index is 1.87. The second-order valence-corrected chi connectivity index (χ2v) is 9.65. The molecule has 0 bridgehead atoms. The van der Waals surface area contributed by atoms with E-state index in [0.717, 1.165) is 0 Å². The van der Waals surface area contributed by atoms with Crippen LogP contribution in [0.2, 0.25) is 0 Å². The van der Waals surface area contributed by atoms with Crippen LogP contribution >= 0.6 is 0 Å². The number of amides is 2. The molecule has 1 fully saturated rings. The molecule has 39 heavy (non-hydrogen) atoms. The van der Waals surface area contributed by atoms with Gasteiger partial charge in [0.05, 0.1) is 32.8 Å². The van der Waals surface area contributed by atoms with Gasteiger partial charge >= 0.3 is 0 Å². The van der Waals surface area contributed by atoms with Gasteiger partial charge in [0.15, 0.2) is 11.5 Å². The van der Waals surface area contributed by atoms with Crippen molar-refractivity contribution in [2.75, 3.05) is 32.0 Å². The van der Waals surface area contributed by atoms with Crippen molar-refractivity contribution in [2.45, 2.75) is 24.9 Å². The first-order valence-corrected chi connectivity index (χ1v) is 12.5. The number of ketones is 1. The molecule has 3 aromatic carbocycles. The highest BCUT2D eigenvalue weighted by Gasteiger charge is 2.56. The Morgan fingerprint density at radius 1 is 0.821 bits per heavy atom. The number of nitrogens with one attached hydrogen (secondary N) is 2. The number of Topliss-reactive ketones (excluding diaryl/α,β-unsaturated/α-hetero) is 1. The van der Waals surface area contributed by atoms with Gasteiger partial charge in [0, 0.05) is 23.7 Å². The highest BCUT2D eigenvalue weighted by Crippen LogP contribution is 2.50. The maximum Gasteiger partial charge on any atom is 0.235 e. The van der Waals surface area contributed by atoms with Crippen molar-refractivity contribution in [3.8, 4) is 17.2 Å². The van der Waals surface area contributed by atoms with Crippen LogP contribution in [0.3, 0.4) is 0 Å². The monoisotopic (exact) mass is 532 g/mol. The van der Waals surface area contributed by atoms with Crippen LogP contribution in [0.15, 0.2) is 72.8 Å². The highest BCUT2D eigenvalue weighted by atomic mass is 16.5. The summed E-state index contributed by atoms with van der Waals surface area (Å²) in [7, 11) is 4.35. The van der Waals surface area contributed by atoms with Crippen molar-refractivity contribution in [3.05, 3.63) is 78.4 Å². The second-order valence-electron chi connectivity index (χ2n) is 9.65. The quantitative estimate of drug-likeness (QED) is 0.374. The number of hydrogen-bond donors (Lipinski definition) is 3. The number of carbonyl (C=O) groups is 3. The van der Waals surface area contributed by atoms with Crippen LogP contribution in [0.5, 0.6) is 17.2 Å². The van der Waals surface area contributed by atoms with Gasteiger partial charge in [-0.15, -0.1) is 0 Å². The molecule has 3 aromatic rings. The van der Waals surface area contributed by atoms with E-state index in [2.05, 4.69) is 10.6 Å². The topological polar surface area (TPSA) is 123 Å². The zero-order valence-corrected chi connectivity index (χ0v) is 22.3. The number of methoxy groups -OCH3 is 3. The summed E-state index contributed by atoms with van der Waals surface area (Å²) in [5.41, 5.74) is -0.338. The number of hydrogen-bond acceptors (Lipinski definition) is 7. The first kappa shape index (κ1) is 27.7. The van der Waals surface area contributed by atoms with Gasteiger partial charge < -0.3 is 30.0 Å². The van der Waals surface area contributed by atoms with Crippen LogP contribution in [0.1, 0.15) is 24.8 Å². The number of carbonyl (C=O) groups excluding carboxylic acids is 3. The molecule has 3 N–H and O–H groups in total. The Hall–Kier alpha value is -4.37. The Morgan fingerprint density at radius 2 is 1.31 bits per heavy atom. The first-order valence-electron chi connectivity index (χ1n) is 12.5. The van der Waals surface area contributed by atoms with E-state index in [9.17, 15) is 19.5 Å². The van der Waals surface area contributed by atoms with Crippen molar-refractivity contribution in [3.63, 3.8) is 0 Å². The number of aliphatic hydroxyl groups is 1. The minimum absolute atomic E-state index is 0.286. The lowest BCUT2D eigenvalue weighted by molar-refractivity contribution is -0.150. The fraction of sp³-hybridized carbons (Fsp3) is 0.300. The summed E-state index contributed by atoms with van der Waals surface area (Å²) in [6.45, 7) is 1.44. The molecule has 9 heteroatoms. The Labute approximate surface area is 227 Å². The first-order chi connectivity index (χ1) is 18.7. The fourth-order valence-electron chi connectivity index (χ4n) is 5.27. The number of benzene rings is 3. The molecule has 1 aliphatic carbocycles. The van der Waals surface area contributed by atoms with E-state index in [-0.39, 0.29) is 17.9 Å². The van der Waals surface area contributed by atoms with Crippen LogP contribution < -0.4 is 24.8 Å². The number of anilines is 2. The van der Waals surface area contributed by atoms with E-state index in [1.165, 1.54) is 28.3 Å². The largest absolute Gasteiger partial charge is 0.493 e. The third kappa shape index (κ3) is 5.73. The van der Waals surface area contributed by atoms with E-state index in [0.29, 0.717) is 22.7 Å². The Morgan fingerprint density at radius 3 is 1.77 bits per heavy atom. The molecule has 9 nitrogen and oxygen atoms in total. The molecular formula is C30H32N2O7. The van der Waals surface area contributed by atoms with Crippen molar-refractivity contribution >= 4 is 29.0 Å². The smallest absolute Gasteiger partial charge is 0.235 e. The van der Waals surface area contributed by atoms with E-state index in [1.807, 2.05) is 6.07 Å². The summed E-state index contributed by atoms with van der Waals surface area (Å²) < 4.78 is 16.5. The fourth-order valence-corrected chi connectivity index (χ4v) is 5.27. The molecule has 4 rings (SSSR count). The van der Waals surface area contributed by atoms with E-state index < -0.39 is 41.0 Å². The molecule has 4 atom stereocenters. The van der Waals surface area contributed by atoms with E-state index in [1.54, 1.807) is 66.7 Å². The van der Waals surface area contributed by atoms with E-state index in [4.69, 9.17) is 14.2 Å². The predicted octanol–water partition coefficient (Wildman–Crippen LogP) is 4.03. The summed E-state index contributed by atoms with van der Waals surface area (Å²) >= 11 is 0. The van der Waals surface area contributed by atoms with Crippen molar-refractivity contribution in [1.29, 1.82) is 0 Å². The van der Waals surface area contributed by atoms with Crippen LogP contribution in [0.25, 0.3) is 0 Å². The van der Waals surface area contributed by atoms with Gasteiger partial charge in [-0.3, -0.25) is 14.4 Å². The zero-order chi connectivity index (χ0) is 28.2. The highest BCUT2D eigenvalue weighted by molar-refractivity contribution is 6.10. The van der Waals surface area contributed by atoms with Crippen LogP contribution in [-0.4, -0.2) is 49.6 Å². The summed E-state index contributed by atoms with van der Waals surface area (Å²) in [4.78, 5) is 41.1. The van der Waals surface area contributed by atoms with Gasteiger partial charge in [0.2, 0.25) is 17.6 Å². The van der Waals surface area contributed by atoms with Gasteiger partial charge in [0.25, 0.3) is 0 Å². The van der Waals surface area contributed by atoms with Crippen LogP contribution in [0.4, 0.5) is 11.4 Å². The standard InChI is InChI=1S/C30H32N2O7/c1-30(36)17-21(33)25(28(34)31-19-11-7-5-8-12-19)24(26(30)29(35)32-20-13-9-6-10-14-20)18-15-22(37-2)27(39-4)23(16-18)38-3/h5-16,24-26,36H,17H2,1-4H3,(H,31,34)(H,32,35). The average Bonchev–Trinajstić information content (AvgIpc) is 2.92. The van der Waals surface area contributed by atoms with Gasteiger partial charge in [-0.1, -0.05) is 36.4 Å². The molecule has 0 saturated heterocycles. The van der Waals surface area contributed by atoms with Crippen LogP contribution in [-0.2, 0) is 14.4 Å². The molecule has 204 valence electrons. The second kappa shape index (κ2) is 11.6.